The minimum atomic E-state index is -5.07. The standard InChI is InChI=1S/C17H18F3N3O4/c1-23-5-4-21-15(23)16(25,17(18,19)20)9-14(24)22-10-11-2-3-12-13(8-11)27-7-6-26-12/h2-5,8,25H,6-7,9-10H2,1H3,(H,22,24). The molecule has 146 valence electrons. The fraction of sp³-hybridized carbons (Fsp3) is 0.412. The second kappa shape index (κ2) is 7.10. The van der Waals surface area contributed by atoms with E-state index in [2.05, 4.69) is 10.3 Å². The Morgan fingerprint density at radius 2 is 2.00 bits per heavy atom. The predicted octanol–water partition coefficient (Wildman–Crippen LogP) is 1.65. The van der Waals surface area contributed by atoms with E-state index in [0.29, 0.717) is 30.3 Å². The van der Waals surface area contributed by atoms with Gasteiger partial charge in [0, 0.05) is 26.0 Å². The third-order valence-corrected chi connectivity index (χ3v) is 4.17. The number of carbonyl (C=O) groups is 1. The number of nitrogens with zero attached hydrogens (tertiary/aromatic N) is 2. The summed E-state index contributed by atoms with van der Waals surface area (Å²) in [6.07, 6.45) is -3.88. The number of hydrogen-bond donors (Lipinski definition) is 2. The zero-order chi connectivity index (χ0) is 19.7. The van der Waals surface area contributed by atoms with E-state index in [4.69, 9.17) is 9.47 Å². The molecule has 0 aliphatic carbocycles. The Kier molecular flexibility index (Phi) is 5.01. The van der Waals surface area contributed by atoms with Gasteiger partial charge in [0.25, 0.3) is 0 Å². The number of nitrogens with one attached hydrogen (secondary N) is 1. The van der Waals surface area contributed by atoms with E-state index >= 15 is 0 Å². The van der Waals surface area contributed by atoms with E-state index in [1.54, 1.807) is 18.2 Å². The van der Waals surface area contributed by atoms with Crippen LogP contribution in [0.3, 0.4) is 0 Å². The number of ether oxygens (including phenoxy) is 2. The summed E-state index contributed by atoms with van der Waals surface area (Å²) in [6.45, 7) is 0.807. The van der Waals surface area contributed by atoms with E-state index in [0.717, 1.165) is 10.8 Å². The number of imidazole rings is 1. The predicted molar refractivity (Wildman–Crippen MR) is 87.1 cm³/mol. The van der Waals surface area contributed by atoms with Gasteiger partial charge in [-0.15, -0.1) is 0 Å². The first-order chi connectivity index (χ1) is 12.7. The molecule has 1 atom stereocenters. The molecular weight excluding hydrogens is 367 g/mol. The minimum Gasteiger partial charge on any atom is -0.486 e. The van der Waals surface area contributed by atoms with Crippen molar-refractivity contribution in [1.82, 2.24) is 14.9 Å². The molecule has 10 heteroatoms. The molecule has 1 aromatic heterocycles. The third-order valence-electron chi connectivity index (χ3n) is 4.17. The van der Waals surface area contributed by atoms with Crippen molar-refractivity contribution in [3.05, 3.63) is 42.0 Å². The summed E-state index contributed by atoms with van der Waals surface area (Å²) in [7, 11) is 1.31. The second-order valence-corrected chi connectivity index (χ2v) is 6.15. The number of aliphatic hydroxyl groups is 1. The number of aryl methyl sites for hydroxylation is 1. The van der Waals surface area contributed by atoms with E-state index in [-0.39, 0.29) is 6.54 Å². The van der Waals surface area contributed by atoms with Gasteiger partial charge in [0.1, 0.15) is 13.2 Å². The summed E-state index contributed by atoms with van der Waals surface area (Å²) in [5, 5.41) is 12.6. The molecule has 3 rings (SSSR count). The molecule has 27 heavy (non-hydrogen) atoms. The maximum Gasteiger partial charge on any atom is 0.425 e. The Balaban J connectivity index is 1.69. The molecule has 1 aromatic carbocycles. The van der Waals surface area contributed by atoms with Crippen LogP contribution in [0.2, 0.25) is 0 Å². The fourth-order valence-corrected chi connectivity index (χ4v) is 2.76. The largest absolute Gasteiger partial charge is 0.486 e. The summed E-state index contributed by atoms with van der Waals surface area (Å²) in [4.78, 5) is 15.7. The molecule has 7 nitrogen and oxygen atoms in total. The lowest BCUT2D eigenvalue weighted by molar-refractivity contribution is -0.271. The SMILES string of the molecule is Cn1ccnc1C(O)(CC(=O)NCc1ccc2c(c1)OCCO2)C(F)(F)F. The number of amides is 1. The van der Waals surface area contributed by atoms with Gasteiger partial charge in [0.15, 0.2) is 17.3 Å². The normalized spacial score (nSPS) is 15.9. The molecule has 2 heterocycles. The molecule has 1 amide bonds. The van der Waals surface area contributed by atoms with Crippen molar-refractivity contribution in [2.75, 3.05) is 13.2 Å². The Hall–Kier alpha value is -2.75. The van der Waals surface area contributed by atoms with Crippen molar-refractivity contribution in [3.8, 4) is 11.5 Å². The van der Waals surface area contributed by atoms with Crippen LogP contribution in [0, 0.1) is 0 Å². The summed E-state index contributed by atoms with van der Waals surface area (Å²) < 4.78 is 52.2. The number of benzene rings is 1. The Labute approximate surface area is 152 Å². The van der Waals surface area contributed by atoms with E-state index < -0.39 is 29.9 Å². The summed E-state index contributed by atoms with van der Waals surface area (Å²) in [5.74, 6) is -0.539. The molecule has 0 bridgehead atoms. The van der Waals surface area contributed by atoms with Crippen LogP contribution in [0.25, 0.3) is 0 Å². The van der Waals surface area contributed by atoms with E-state index in [9.17, 15) is 23.1 Å². The number of halogens is 3. The van der Waals surface area contributed by atoms with Crippen molar-refractivity contribution in [2.45, 2.75) is 24.7 Å². The smallest absolute Gasteiger partial charge is 0.425 e. The molecule has 2 N–H and O–H groups in total. The number of alkyl halides is 3. The molecule has 1 aliphatic heterocycles. The lowest BCUT2D eigenvalue weighted by atomic mass is 9.97. The zero-order valence-electron chi connectivity index (χ0n) is 14.4. The maximum absolute atomic E-state index is 13.4. The summed E-state index contributed by atoms with van der Waals surface area (Å²) >= 11 is 0. The van der Waals surface area contributed by atoms with Crippen LogP contribution < -0.4 is 14.8 Å². The molecule has 1 aliphatic rings. The molecule has 0 fully saturated rings. The van der Waals surface area contributed by atoms with Crippen LogP contribution in [-0.4, -0.2) is 40.0 Å². The van der Waals surface area contributed by atoms with Crippen LogP contribution in [-0.2, 0) is 24.0 Å². The highest BCUT2D eigenvalue weighted by molar-refractivity contribution is 5.77. The molecule has 0 radical (unpaired) electrons. The van der Waals surface area contributed by atoms with Crippen molar-refractivity contribution in [3.63, 3.8) is 0 Å². The highest BCUT2D eigenvalue weighted by Gasteiger charge is 2.58. The molecule has 1 unspecified atom stereocenters. The van der Waals surface area contributed by atoms with Gasteiger partial charge in [-0.05, 0) is 17.7 Å². The summed E-state index contributed by atoms with van der Waals surface area (Å²) in [6, 6.07) is 4.97. The Bertz CT molecular complexity index is 837. The van der Waals surface area contributed by atoms with Gasteiger partial charge in [-0.2, -0.15) is 13.2 Å². The second-order valence-electron chi connectivity index (χ2n) is 6.15. The topological polar surface area (TPSA) is 85.6 Å². The van der Waals surface area contributed by atoms with Gasteiger partial charge in [-0.25, -0.2) is 4.98 Å². The van der Waals surface area contributed by atoms with Gasteiger partial charge in [-0.1, -0.05) is 6.07 Å². The lowest BCUT2D eigenvalue weighted by Crippen LogP contribution is -2.47. The molecule has 0 saturated heterocycles. The average molecular weight is 385 g/mol. The number of hydrogen-bond acceptors (Lipinski definition) is 5. The van der Waals surface area contributed by atoms with Crippen molar-refractivity contribution in [2.24, 2.45) is 7.05 Å². The highest BCUT2D eigenvalue weighted by atomic mass is 19.4. The fourth-order valence-electron chi connectivity index (χ4n) is 2.76. The maximum atomic E-state index is 13.4. The van der Waals surface area contributed by atoms with Gasteiger partial charge < -0.3 is 24.5 Å². The van der Waals surface area contributed by atoms with Gasteiger partial charge in [0.2, 0.25) is 11.5 Å². The van der Waals surface area contributed by atoms with Crippen LogP contribution in [0.5, 0.6) is 11.5 Å². The molecule has 0 spiro atoms. The van der Waals surface area contributed by atoms with Crippen LogP contribution >= 0.6 is 0 Å². The zero-order valence-corrected chi connectivity index (χ0v) is 14.4. The monoisotopic (exact) mass is 385 g/mol. The van der Waals surface area contributed by atoms with Gasteiger partial charge >= 0.3 is 6.18 Å². The molecular formula is C17H18F3N3O4. The molecule has 2 aromatic rings. The van der Waals surface area contributed by atoms with Gasteiger partial charge in [-0.3, -0.25) is 4.79 Å². The van der Waals surface area contributed by atoms with E-state index in [1.807, 2.05) is 0 Å². The van der Waals surface area contributed by atoms with Crippen molar-refractivity contribution in [1.29, 1.82) is 0 Å². The van der Waals surface area contributed by atoms with Gasteiger partial charge in [0.05, 0.1) is 6.42 Å². The highest BCUT2D eigenvalue weighted by Crippen LogP contribution is 2.40. The number of carbonyl (C=O) groups excluding carboxylic acids is 1. The minimum absolute atomic E-state index is 0.0238. The van der Waals surface area contributed by atoms with Crippen LogP contribution in [0.4, 0.5) is 13.2 Å². The van der Waals surface area contributed by atoms with Crippen molar-refractivity contribution >= 4 is 5.91 Å². The lowest BCUT2D eigenvalue weighted by Gasteiger charge is -2.29. The molecule has 0 saturated carbocycles. The third kappa shape index (κ3) is 3.85. The average Bonchev–Trinajstić information content (AvgIpc) is 3.05. The first-order valence-corrected chi connectivity index (χ1v) is 8.13. The van der Waals surface area contributed by atoms with Crippen LogP contribution in [0.1, 0.15) is 17.8 Å². The first kappa shape index (κ1) is 19.0. The first-order valence-electron chi connectivity index (χ1n) is 8.13. The quantitative estimate of drug-likeness (QED) is 0.818. The number of rotatable bonds is 5. The Morgan fingerprint density at radius 1 is 1.30 bits per heavy atom. The number of fused-ring (bicyclic) bond motifs is 1. The van der Waals surface area contributed by atoms with Crippen LogP contribution in [0.15, 0.2) is 30.6 Å². The summed E-state index contributed by atoms with van der Waals surface area (Å²) in [5.41, 5.74) is -2.76. The number of aromatic nitrogens is 2. The van der Waals surface area contributed by atoms with Crippen molar-refractivity contribution < 1.29 is 32.5 Å². The Morgan fingerprint density at radius 3 is 2.63 bits per heavy atom. The van der Waals surface area contributed by atoms with E-state index in [1.165, 1.54) is 13.2 Å².